The van der Waals surface area contributed by atoms with E-state index < -0.39 is 0 Å². The van der Waals surface area contributed by atoms with E-state index in [-0.39, 0.29) is 5.78 Å². The predicted octanol–water partition coefficient (Wildman–Crippen LogP) is 5.86. The molecule has 0 aliphatic heterocycles. The monoisotopic (exact) mass is 352 g/mol. The van der Waals surface area contributed by atoms with Crippen molar-refractivity contribution in [3.8, 4) is 11.5 Å². The molecule has 138 valence electrons. The minimum absolute atomic E-state index is 0.0529. The van der Waals surface area contributed by atoms with Gasteiger partial charge in [0.25, 0.3) is 0 Å². The number of ether oxygens (including phenoxy) is 1. The third-order valence-electron chi connectivity index (χ3n) is 4.35. The Hall–Kier alpha value is -2.55. The van der Waals surface area contributed by atoms with Crippen LogP contribution in [0.1, 0.15) is 59.7 Å². The fourth-order valence-electron chi connectivity index (χ4n) is 2.79. The van der Waals surface area contributed by atoms with Gasteiger partial charge in [-0.05, 0) is 79.4 Å². The van der Waals surface area contributed by atoms with Crippen LogP contribution in [0.25, 0.3) is 6.08 Å². The van der Waals surface area contributed by atoms with Crippen molar-refractivity contribution in [2.45, 2.75) is 46.5 Å². The molecule has 2 rings (SSSR count). The van der Waals surface area contributed by atoms with Gasteiger partial charge in [0.2, 0.25) is 0 Å². The van der Waals surface area contributed by atoms with Crippen LogP contribution >= 0.6 is 0 Å². The van der Waals surface area contributed by atoms with Crippen molar-refractivity contribution in [1.29, 1.82) is 0 Å². The van der Waals surface area contributed by atoms with Crippen LogP contribution in [0.15, 0.2) is 42.5 Å². The molecule has 0 heterocycles. The second-order valence-electron chi connectivity index (χ2n) is 6.63. The summed E-state index contributed by atoms with van der Waals surface area (Å²) >= 11 is 0. The maximum absolute atomic E-state index is 12.3. The Labute approximate surface area is 156 Å². The van der Waals surface area contributed by atoms with E-state index in [9.17, 15) is 9.90 Å². The predicted molar refractivity (Wildman–Crippen MR) is 107 cm³/mol. The summed E-state index contributed by atoms with van der Waals surface area (Å²) in [6.07, 6.45) is 8.04. The van der Waals surface area contributed by atoms with E-state index in [2.05, 4.69) is 6.92 Å². The van der Waals surface area contributed by atoms with E-state index in [0.717, 1.165) is 28.9 Å². The van der Waals surface area contributed by atoms with Gasteiger partial charge >= 0.3 is 0 Å². The first-order chi connectivity index (χ1) is 12.5. The van der Waals surface area contributed by atoms with E-state index in [1.54, 1.807) is 24.3 Å². The summed E-state index contributed by atoms with van der Waals surface area (Å²) in [4.78, 5) is 12.3. The van der Waals surface area contributed by atoms with E-state index >= 15 is 0 Å². The fourth-order valence-corrected chi connectivity index (χ4v) is 2.79. The van der Waals surface area contributed by atoms with Crippen molar-refractivity contribution in [3.63, 3.8) is 0 Å². The number of phenols is 1. The third kappa shape index (κ3) is 5.76. The quantitative estimate of drug-likeness (QED) is 0.349. The normalized spacial score (nSPS) is 11.0. The highest BCUT2D eigenvalue weighted by molar-refractivity contribution is 6.06. The molecular formula is C23H28O3. The van der Waals surface area contributed by atoms with Crippen LogP contribution in [0.4, 0.5) is 0 Å². The Morgan fingerprint density at radius 3 is 2.31 bits per heavy atom. The number of rotatable bonds is 9. The number of unbranched alkanes of at least 4 members (excludes halogenated alkanes) is 3. The summed E-state index contributed by atoms with van der Waals surface area (Å²) < 4.78 is 5.70. The van der Waals surface area contributed by atoms with E-state index in [1.165, 1.54) is 19.3 Å². The van der Waals surface area contributed by atoms with Crippen molar-refractivity contribution in [2.75, 3.05) is 6.61 Å². The van der Waals surface area contributed by atoms with Crippen LogP contribution in [0.3, 0.4) is 0 Å². The van der Waals surface area contributed by atoms with Gasteiger partial charge in [-0.15, -0.1) is 0 Å². The molecule has 0 spiro atoms. The molecule has 3 heteroatoms. The first kappa shape index (κ1) is 19.8. The average molecular weight is 352 g/mol. The van der Waals surface area contributed by atoms with Gasteiger partial charge in [0.15, 0.2) is 5.78 Å². The molecule has 2 aromatic rings. The van der Waals surface area contributed by atoms with Crippen LogP contribution in [-0.4, -0.2) is 17.5 Å². The summed E-state index contributed by atoms with van der Waals surface area (Å²) in [7, 11) is 0. The number of hydrogen-bond acceptors (Lipinski definition) is 3. The molecule has 0 unspecified atom stereocenters. The SMILES string of the molecule is CCCCCCOc1ccc(C(=O)/C=C/c2cc(C)c(O)c(C)c2)cc1. The molecule has 0 bridgehead atoms. The van der Waals surface area contributed by atoms with Gasteiger partial charge in [0.05, 0.1) is 6.61 Å². The highest BCUT2D eigenvalue weighted by atomic mass is 16.5. The molecular weight excluding hydrogens is 324 g/mol. The molecule has 0 aromatic heterocycles. The Balaban J connectivity index is 1.93. The van der Waals surface area contributed by atoms with Gasteiger partial charge in [0.1, 0.15) is 11.5 Å². The van der Waals surface area contributed by atoms with Crippen molar-refractivity contribution in [2.24, 2.45) is 0 Å². The summed E-state index contributed by atoms with van der Waals surface area (Å²) in [6.45, 7) is 6.60. The lowest BCUT2D eigenvalue weighted by Gasteiger charge is -2.06. The van der Waals surface area contributed by atoms with Crippen molar-refractivity contribution >= 4 is 11.9 Å². The minimum Gasteiger partial charge on any atom is -0.507 e. The molecule has 3 nitrogen and oxygen atoms in total. The van der Waals surface area contributed by atoms with Gasteiger partial charge in [0, 0.05) is 5.56 Å². The number of allylic oxidation sites excluding steroid dienone is 1. The largest absolute Gasteiger partial charge is 0.507 e. The zero-order valence-corrected chi connectivity index (χ0v) is 15.9. The van der Waals surface area contributed by atoms with Crippen LogP contribution in [0, 0.1) is 13.8 Å². The molecule has 0 aliphatic carbocycles. The number of ketones is 1. The number of carbonyl (C=O) groups excluding carboxylic acids is 1. The lowest BCUT2D eigenvalue weighted by Crippen LogP contribution is -1.98. The summed E-state index contributed by atoms with van der Waals surface area (Å²) in [5, 5.41) is 9.81. The maximum Gasteiger partial charge on any atom is 0.185 e. The Morgan fingerprint density at radius 2 is 1.69 bits per heavy atom. The third-order valence-corrected chi connectivity index (χ3v) is 4.35. The van der Waals surface area contributed by atoms with Gasteiger partial charge in [-0.25, -0.2) is 0 Å². The second-order valence-corrected chi connectivity index (χ2v) is 6.63. The maximum atomic E-state index is 12.3. The van der Waals surface area contributed by atoms with Crippen LogP contribution < -0.4 is 4.74 Å². The number of hydrogen-bond donors (Lipinski definition) is 1. The molecule has 0 amide bonds. The van der Waals surface area contributed by atoms with Crippen molar-refractivity contribution < 1.29 is 14.6 Å². The average Bonchev–Trinajstić information content (AvgIpc) is 2.64. The van der Waals surface area contributed by atoms with E-state index in [4.69, 9.17) is 4.74 Å². The van der Waals surface area contributed by atoms with Gasteiger partial charge in [-0.1, -0.05) is 32.3 Å². The molecule has 0 atom stereocenters. The van der Waals surface area contributed by atoms with Crippen LogP contribution in [0.2, 0.25) is 0 Å². The zero-order valence-electron chi connectivity index (χ0n) is 15.9. The first-order valence-electron chi connectivity index (χ1n) is 9.26. The topological polar surface area (TPSA) is 46.5 Å². The molecule has 0 saturated carbocycles. The zero-order chi connectivity index (χ0) is 18.9. The van der Waals surface area contributed by atoms with Gasteiger partial charge in [-0.2, -0.15) is 0 Å². The smallest absolute Gasteiger partial charge is 0.185 e. The molecule has 26 heavy (non-hydrogen) atoms. The highest BCUT2D eigenvalue weighted by Crippen LogP contribution is 2.23. The number of carbonyl (C=O) groups is 1. The summed E-state index contributed by atoms with van der Waals surface area (Å²) in [5.41, 5.74) is 3.14. The minimum atomic E-state index is -0.0529. The Kier molecular flexibility index (Phi) is 7.46. The van der Waals surface area contributed by atoms with Crippen LogP contribution in [-0.2, 0) is 0 Å². The van der Waals surface area contributed by atoms with Gasteiger partial charge < -0.3 is 9.84 Å². The van der Waals surface area contributed by atoms with Gasteiger partial charge in [-0.3, -0.25) is 4.79 Å². The number of phenolic OH excluding ortho intramolecular Hbond substituents is 1. The Morgan fingerprint density at radius 1 is 1.04 bits per heavy atom. The summed E-state index contributed by atoms with van der Waals surface area (Å²) in [6, 6.07) is 11.0. The number of benzene rings is 2. The van der Waals surface area contributed by atoms with Crippen LogP contribution in [0.5, 0.6) is 11.5 Å². The molecule has 0 saturated heterocycles. The fraction of sp³-hybridized carbons (Fsp3) is 0.348. The van der Waals surface area contributed by atoms with E-state index in [1.807, 2.05) is 38.1 Å². The first-order valence-corrected chi connectivity index (χ1v) is 9.26. The Bertz CT molecular complexity index is 735. The highest BCUT2D eigenvalue weighted by Gasteiger charge is 2.04. The van der Waals surface area contributed by atoms with Crippen molar-refractivity contribution in [1.82, 2.24) is 0 Å². The molecule has 0 radical (unpaired) electrons. The molecule has 0 aliphatic rings. The molecule has 1 N–H and O–H groups in total. The lowest BCUT2D eigenvalue weighted by molar-refractivity contribution is 0.104. The number of aromatic hydroxyl groups is 1. The summed E-state index contributed by atoms with van der Waals surface area (Å²) in [5.74, 6) is 1.05. The standard InChI is InChI=1S/C23H28O3/c1-4-5-6-7-14-26-21-11-9-20(10-12-21)22(24)13-8-19-15-17(2)23(25)18(3)16-19/h8-13,15-16,25H,4-7,14H2,1-3H3/b13-8+. The van der Waals surface area contributed by atoms with Crippen molar-refractivity contribution in [3.05, 3.63) is 64.7 Å². The second kappa shape index (κ2) is 9.81. The lowest BCUT2D eigenvalue weighted by atomic mass is 10.0. The molecule has 0 fully saturated rings. The van der Waals surface area contributed by atoms with E-state index in [0.29, 0.717) is 17.9 Å². The number of aryl methyl sites for hydroxylation is 2. The molecule has 2 aromatic carbocycles.